The summed E-state index contributed by atoms with van der Waals surface area (Å²) >= 11 is 0. The fraction of sp³-hybridized carbons (Fsp3) is 0.364. The van der Waals surface area contributed by atoms with Crippen LogP contribution in [-0.2, 0) is 13.0 Å². The fourth-order valence-corrected chi connectivity index (χ4v) is 1.84. The third kappa shape index (κ3) is 1.49. The number of rotatable bonds is 1. The minimum Gasteiger partial charge on any atom is -0.312 e. The van der Waals surface area contributed by atoms with Crippen molar-refractivity contribution in [3.05, 3.63) is 34.9 Å². The summed E-state index contributed by atoms with van der Waals surface area (Å²) in [5, 5.41) is 3.28. The van der Waals surface area contributed by atoms with Crippen LogP contribution >= 0.6 is 0 Å². The molecule has 0 amide bonds. The van der Waals surface area contributed by atoms with E-state index in [2.05, 4.69) is 11.4 Å². The van der Waals surface area contributed by atoms with E-state index in [-0.39, 0.29) is 5.78 Å². The largest absolute Gasteiger partial charge is 0.312 e. The Balaban J connectivity index is 2.52. The van der Waals surface area contributed by atoms with Crippen molar-refractivity contribution in [1.29, 1.82) is 0 Å². The Morgan fingerprint density at radius 1 is 1.46 bits per heavy atom. The molecule has 0 unspecified atom stereocenters. The number of carbonyl (C=O) groups excluding carboxylic acids is 1. The van der Waals surface area contributed by atoms with Gasteiger partial charge < -0.3 is 5.32 Å². The Morgan fingerprint density at radius 2 is 2.31 bits per heavy atom. The minimum absolute atomic E-state index is 0.167. The number of nitrogens with one attached hydrogen (secondary N) is 1. The second-order valence-corrected chi connectivity index (χ2v) is 3.43. The zero-order chi connectivity index (χ0) is 9.26. The molecule has 1 aliphatic rings. The van der Waals surface area contributed by atoms with Gasteiger partial charge in [-0.05, 0) is 31.0 Å². The molecule has 1 aromatic carbocycles. The highest BCUT2D eigenvalue weighted by atomic mass is 16.1. The highest BCUT2D eigenvalue weighted by Gasteiger charge is 2.13. The van der Waals surface area contributed by atoms with E-state index in [0.29, 0.717) is 0 Å². The lowest BCUT2D eigenvalue weighted by molar-refractivity contribution is 0.101. The second-order valence-electron chi connectivity index (χ2n) is 3.43. The van der Waals surface area contributed by atoms with E-state index in [1.54, 1.807) is 6.92 Å². The summed E-state index contributed by atoms with van der Waals surface area (Å²) < 4.78 is 0. The molecule has 0 aliphatic carbocycles. The number of hydrogen-bond acceptors (Lipinski definition) is 2. The van der Waals surface area contributed by atoms with E-state index < -0.39 is 0 Å². The van der Waals surface area contributed by atoms with Gasteiger partial charge in [-0.3, -0.25) is 4.79 Å². The maximum absolute atomic E-state index is 11.3. The first-order valence-electron chi connectivity index (χ1n) is 4.61. The Labute approximate surface area is 78.0 Å². The normalized spacial score (nSPS) is 15.2. The SMILES string of the molecule is CC(=O)c1cccc2c1CNCC2. The van der Waals surface area contributed by atoms with Gasteiger partial charge in [0.2, 0.25) is 0 Å². The summed E-state index contributed by atoms with van der Waals surface area (Å²) in [6.45, 7) is 3.49. The standard InChI is InChI=1S/C11H13NO/c1-8(13)10-4-2-3-9-5-6-12-7-11(9)10/h2-4,12H,5-7H2,1H3. The Bertz CT molecular complexity index is 344. The van der Waals surface area contributed by atoms with Crippen molar-refractivity contribution in [3.63, 3.8) is 0 Å². The molecule has 2 heteroatoms. The van der Waals surface area contributed by atoms with Crippen LogP contribution in [0.5, 0.6) is 0 Å². The van der Waals surface area contributed by atoms with Crippen LogP contribution in [-0.4, -0.2) is 12.3 Å². The van der Waals surface area contributed by atoms with Crippen molar-refractivity contribution in [2.75, 3.05) is 6.54 Å². The number of Topliss-reactive ketones (excluding diaryl/α,β-unsaturated/α-hetero) is 1. The maximum Gasteiger partial charge on any atom is 0.160 e. The summed E-state index contributed by atoms with van der Waals surface area (Å²) in [6.07, 6.45) is 1.04. The van der Waals surface area contributed by atoms with Crippen LogP contribution in [0.15, 0.2) is 18.2 Å². The van der Waals surface area contributed by atoms with E-state index in [1.165, 1.54) is 11.1 Å². The average molecular weight is 175 g/mol. The molecular weight excluding hydrogens is 162 g/mol. The van der Waals surface area contributed by atoms with Crippen molar-refractivity contribution < 1.29 is 4.79 Å². The van der Waals surface area contributed by atoms with Crippen molar-refractivity contribution in [1.82, 2.24) is 5.32 Å². The third-order valence-electron chi connectivity index (χ3n) is 2.53. The van der Waals surface area contributed by atoms with Gasteiger partial charge in [-0.1, -0.05) is 18.2 Å². The lowest BCUT2D eigenvalue weighted by Crippen LogP contribution is -2.25. The molecule has 0 bridgehead atoms. The molecule has 0 atom stereocenters. The molecule has 0 spiro atoms. The van der Waals surface area contributed by atoms with Crippen LogP contribution in [0.2, 0.25) is 0 Å². The Hall–Kier alpha value is -1.15. The lowest BCUT2D eigenvalue weighted by atomic mass is 9.94. The molecule has 0 aromatic heterocycles. The summed E-state index contributed by atoms with van der Waals surface area (Å²) in [4.78, 5) is 11.3. The molecule has 0 saturated heterocycles. The maximum atomic E-state index is 11.3. The van der Waals surface area contributed by atoms with Crippen molar-refractivity contribution in [2.24, 2.45) is 0 Å². The van der Waals surface area contributed by atoms with Crippen LogP contribution < -0.4 is 5.32 Å². The van der Waals surface area contributed by atoms with Crippen LogP contribution in [0, 0.1) is 0 Å². The van der Waals surface area contributed by atoms with Crippen LogP contribution in [0.4, 0.5) is 0 Å². The number of fused-ring (bicyclic) bond motifs is 1. The molecule has 13 heavy (non-hydrogen) atoms. The molecule has 2 nitrogen and oxygen atoms in total. The predicted molar refractivity (Wildman–Crippen MR) is 51.9 cm³/mol. The summed E-state index contributed by atoms with van der Waals surface area (Å²) in [6, 6.07) is 6.00. The molecule has 0 radical (unpaired) electrons. The predicted octanol–water partition coefficient (Wildman–Crippen LogP) is 1.53. The average Bonchev–Trinajstić information content (AvgIpc) is 2.17. The van der Waals surface area contributed by atoms with Gasteiger partial charge in [0.05, 0.1) is 0 Å². The molecule has 68 valence electrons. The van der Waals surface area contributed by atoms with Gasteiger partial charge in [-0.25, -0.2) is 0 Å². The van der Waals surface area contributed by atoms with Crippen LogP contribution in [0.3, 0.4) is 0 Å². The van der Waals surface area contributed by atoms with Gasteiger partial charge in [-0.15, -0.1) is 0 Å². The minimum atomic E-state index is 0.167. The van der Waals surface area contributed by atoms with Gasteiger partial charge in [0, 0.05) is 12.1 Å². The zero-order valence-electron chi connectivity index (χ0n) is 7.76. The fourth-order valence-electron chi connectivity index (χ4n) is 1.84. The first-order chi connectivity index (χ1) is 6.29. The number of benzene rings is 1. The highest BCUT2D eigenvalue weighted by molar-refractivity contribution is 5.95. The summed E-state index contributed by atoms with van der Waals surface area (Å²) in [7, 11) is 0. The van der Waals surface area contributed by atoms with Gasteiger partial charge in [0.25, 0.3) is 0 Å². The summed E-state index contributed by atoms with van der Waals surface area (Å²) in [5.41, 5.74) is 3.40. The van der Waals surface area contributed by atoms with Crippen LogP contribution in [0.1, 0.15) is 28.4 Å². The Kier molecular flexibility index (Phi) is 2.15. The molecular formula is C11H13NO. The molecule has 0 saturated carbocycles. The van der Waals surface area contributed by atoms with E-state index >= 15 is 0 Å². The zero-order valence-corrected chi connectivity index (χ0v) is 7.76. The second kappa shape index (κ2) is 3.30. The molecule has 2 rings (SSSR count). The van der Waals surface area contributed by atoms with Crippen molar-refractivity contribution in [3.8, 4) is 0 Å². The van der Waals surface area contributed by atoms with Gasteiger partial charge in [-0.2, -0.15) is 0 Å². The smallest absolute Gasteiger partial charge is 0.160 e. The van der Waals surface area contributed by atoms with E-state index in [0.717, 1.165) is 25.1 Å². The molecule has 1 heterocycles. The van der Waals surface area contributed by atoms with Gasteiger partial charge in [0.15, 0.2) is 5.78 Å². The molecule has 0 fully saturated rings. The lowest BCUT2D eigenvalue weighted by Gasteiger charge is -2.19. The van der Waals surface area contributed by atoms with Crippen molar-refractivity contribution in [2.45, 2.75) is 19.9 Å². The number of hydrogen-bond donors (Lipinski definition) is 1. The number of ketones is 1. The first kappa shape index (κ1) is 8.45. The first-order valence-corrected chi connectivity index (χ1v) is 4.61. The van der Waals surface area contributed by atoms with E-state index in [4.69, 9.17) is 0 Å². The van der Waals surface area contributed by atoms with Gasteiger partial charge >= 0.3 is 0 Å². The third-order valence-corrected chi connectivity index (χ3v) is 2.53. The summed E-state index contributed by atoms with van der Waals surface area (Å²) in [5.74, 6) is 0.167. The molecule has 1 aromatic rings. The Morgan fingerprint density at radius 3 is 3.08 bits per heavy atom. The quantitative estimate of drug-likeness (QED) is 0.656. The molecule has 1 N–H and O–H groups in total. The van der Waals surface area contributed by atoms with Crippen molar-refractivity contribution >= 4 is 5.78 Å². The van der Waals surface area contributed by atoms with Gasteiger partial charge in [0.1, 0.15) is 0 Å². The monoisotopic (exact) mass is 175 g/mol. The topological polar surface area (TPSA) is 29.1 Å². The van der Waals surface area contributed by atoms with E-state index in [9.17, 15) is 4.79 Å². The van der Waals surface area contributed by atoms with E-state index in [1.807, 2.05) is 12.1 Å². The highest BCUT2D eigenvalue weighted by Crippen LogP contribution is 2.18. The number of carbonyl (C=O) groups is 1. The van der Waals surface area contributed by atoms with Crippen LogP contribution in [0.25, 0.3) is 0 Å². The molecule has 1 aliphatic heterocycles.